The fourth-order valence-corrected chi connectivity index (χ4v) is 3.01. The Kier molecular flexibility index (Phi) is 4.75. The van der Waals surface area contributed by atoms with Gasteiger partial charge in [-0.2, -0.15) is 0 Å². The molecule has 1 aromatic heterocycles. The normalized spacial score (nSPS) is 27.3. The SMILES string of the molecule is CNCc1cnc(OC2CC(C)CC(C)C2)nc1C. The molecule has 1 fully saturated rings. The molecule has 2 atom stereocenters. The van der Waals surface area contributed by atoms with E-state index in [0.717, 1.165) is 42.5 Å². The minimum absolute atomic E-state index is 0.272. The molecule has 0 bridgehead atoms. The monoisotopic (exact) mass is 263 g/mol. The van der Waals surface area contributed by atoms with Crippen LogP contribution in [0.15, 0.2) is 6.20 Å². The van der Waals surface area contributed by atoms with Crippen LogP contribution in [0, 0.1) is 18.8 Å². The molecule has 0 saturated heterocycles. The van der Waals surface area contributed by atoms with Gasteiger partial charge >= 0.3 is 6.01 Å². The molecule has 1 aliphatic rings. The molecule has 4 heteroatoms. The van der Waals surface area contributed by atoms with Crippen LogP contribution in [0.3, 0.4) is 0 Å². The number of aromatic nitrogens is 2. The molecule has 1 aliphatic carbocycles. The molecule has 1 N–H and O–H groups in total. The Morgan fingerprint density at radius 2 is 1.95 bits per heavy atom. The highest BCUT2D eigenvalue weighted by Gasteiger charge is 2.25. The summed E-state index contributed by atoms with van der Waals surface area (Å²) in [4.78, 5) is 8.79. The molecule has 1 heterocycles. The lowest BCUT2D eigenvalue weighted by Gasteiger charge is -2.31. The molecule has 1 saturated carbocycles. The lowest BCUT2D eigenvalue weighted by Crippen LogP contribution is -2.29. The van der Waals surface area contributed by atoms with Crippen LogP contribution in [0.2, 0.25) is 0 Å². The minimum Gasteiger partial charge on any atom is -0.460 e. The van der Waals surface area contributed by atoms with Crippen molar-refractivity contribution in [2.45, 2.75) is 52.7 Å². The minimum atomic E-state index is 0.272. The molecule has 2 unspecified atom stereocenters. The number of ether oxygens (including phenoxy) is 1. The summed E-state index contributed by atoms with van der Waals surface area (Å²) in [5.41, 5.74) is 2.12. The second kappa shape index (κ2) is 6.33. The summed E-state index contributed by atoms with van der Waals surface area (Å²) in [6, 6.07) is 0.531. The van der Waals surface area contributed by atoms with E-state index in [1.807, 2.05) is 20.2 Å². The van der Waals surface area contributed by atoms with Crippen molar-refractivity contribution in [2.75, 3.05) is 7.05 Å². The van der Waals surface area contributed by atoms with Gasteiger partial charge in [0.25, 0.3) is 0 Å². The van der Waals surface area contributed by atoms with Crippen molar-refractivity contribution < 1.29 is 4.74 Å². The molecule has 0 aliphatic heterocycles. The van der Waals surface area contributed by atoms with Gasteiger partial charge < -0.3 is 10.1 Å². The maximum absolute atomic E-state index is 5.97. The number of nitrogens with zero attached hydrogens (tertiary/aromatic N) is 2. The lowest BCUT2D eigenvalue weighted by atomic mass is 9.82. The standard InChI is InChI=1S/C15H25N3O/c1-10-5-11(2)7-14(6-10)19-15-17-9-13(8-16-4)12(3)18-15/h9-11,14,16H,5-8H2,1-4H3. The van der Waals surface area contributed by atoms with E-state index in [1.165, 1.54) is 6.42 Å². The van der Waals surface area contributed by atoms with Crippen molar-refractivity contribution in [3.05, 3.63) is 17.5 Å². The van der Waals surface area contributed by atoms with Crippen molar-refractivity contribution in [3.63, 3.8) is 0 Å². The average molecular weight is 263 g/mol. The number of nitrogens with one attached hydrogen (secondary N) is 1. The maximum Gasteiger partial charge on any atom is 0.316 e. The smallest absolute Gasteiger partial charge is 0.316 e. The Morgan fingerprint density at radius 1 is 1.26 bits per heavy atom. The third kappa shape index (κ3) is 3.90. The molecular formula is C15H25N3O. The predicted octanol–water partition coefficient (Wildman–Crippen LogP) is 2.71. The molecule has 0 amide bonds. The van der Waals surface area contributed by atoms with Crippen molar-refractivity contribution in [1.29, 1.82) is 0 Å². The number of hydrogen-bond acceptors (Lipinski definition) is 4. The number of aryl methyl sites for hydroxylation is 1. The highest BCUT2D eigenvalue weighted by molar-refractivity contribution is 5.17. The van der Waals surface area contributed by atoms with E-state index < -0.39 is 0 Å². The molecule has 0 radical (unpaired) electrons. The molecular weight excluding hydrogens is 238 g/mol. The molecule has 1 aromatic rings. The van der Waals surface area contributed by atoms with Gasteiger partial charge in [0.1, 0.15) is 6.10 Å². The van der Waals surface area contributed by atoms with E-state index in [1.54, 1.807) is 0 Å². The van der Waals surface area contributed by atoms with Crippen LogP contribution in [0.1, 0.15) is 44.4 Å². The summed E-state index contributed by atoms with van der Waals surface area (Å²) in [5, 5.41) is 3.12. The first-order valence-corrected chi connectivity index (χ1v) is 7.22. The zero-order chi connectivity index (χ0) is 13.8. The van der Waals surface area contributed by atoms with Crippen molar-refractivity contribution in [2.24, 2.45) is 11.8 Å². The van der Waals surface area contributed by atoms with Crippen molar-refractivity contribution >= 4 is 0 Å². The summed E-state index contributed by atoms with van der Waals surface area (Å²) < 4.78 is 5.97. The van der Waals surface area contributed by atoms with Crippen LogP contribution in [0.4, 0.5) is 0 Å². The fourth-order valence-electron chi connectivity index (χ4n) is 3.01. The van der Waals surface area contributed by atoms with Crippen LogP contribution >= 0.6 is 0 Å². The molecule has 2 rings (SSSR count). The van der Waals surface area contributed by atoms with Gasteiger partial charge in [0.15, 0.2) is 0 Å². The number of rotatable bonds is 4. The maximum atomic E-state index is 5.97. The van der Waals surface area contributed by atoms with Crippen LogP contribution in [0.5, 0.6) is 6.01 Å². The van der Waals surface area contributed by atoms with E-state index in [2.05, 4.69) is 29.1 Å². The van der Waals surface area contributed by atoms with E-state index in [4.69, 9.17) is 4.74 Å². The summed E-state index contributed by atoms with van der Waals surface area (Å²) in [7, 11) is 1.93. The van der Waals surface area contributed by atoms with Crippen LogP contribution in [-0.2, 0) is 6.54 Å². The fraction of sp³-hybridized carbons (Fsp3) is 0.733. The van der Waals surface area contributed by atoms with Gasteiger partial charge in [-0.05, 0) is 45.1 Å². The third-order valence-electron chi connectivity index (χ3n) is 3.83. The van der Waals surface area contributed by atoms with Crippen LogP contribution in [0.25, 0.3) is 0 Å². The highest BCUT2D eigenvalue weighted by atomic mass is 16.5. The first-order chi connectivity index (χ1) is 9.08. The van der Waals surface area contributed by atoms with Crippen molar-refractivity contribution in [3.8, 4) is 6.01 Å². The van der Waals surface area contributed by atoms with Crippen LogP contribution in [-0.4, -0.2) is 23.1 Å². The summed E-state index contributed by atoms with van der Waals surface area (Å²) >= 11 is 0. The molecule has 0 aromatic carbocycles. The van der Waals surface area contributed by atoms with Gasteiger partial charge in [0.2, 0.25) is 0 Å². The predicted molar refractivity (Wildman–Crippen MR) is 76.1 cm³/mol. The topological polar surface area (TPSA) is 47.0 Å². The second-order valence-corrected chi connectivity index (χ2v) is 5.95. The van der Waals surface area contributed by atoms with Gasteiger partial charge in [-0.25, -0.2) is 9.97 Å². The number of hydrogen-bond donors (Lipinski definition) is 1. The Labute approximate surface area is 116 Å². The highest BCUT2D eigenvalue weighted by Crippen LogP contribution is 2.30. The second-order valence-electron chi connectivity index (χ2n) is 5.95. The van der Waals surface area contributed by atoms with Gasteiger partial charge in [-0.1, -0.05) is 13.8 Å². The Bertz CT molecular complexity index is 412. The summed E-state index contributed by atoms with van der Waals surface area (Å²) in [6.07, 6.45) is 5.68. The third-order valence-corrected chi connectivity index (χ3v) is 3.83. The zero-order valence-corrected chi connectivity index (χ0v) is 12.4. The Hall–Kier alpha value is -1.16. The molecule has 106 valence electrons. The quantitative estimate of drug-likeness (QED) is 0.907. The van der Waals surface area contributed by atoms with E-state index >= 15 is 0 Å². The van der Waals surface area contributed by atoms with Gasteiger partial charge in [-0.15, -0.1) is 0 Å². The summed E-state index contributed by atoms with van der Waals surface area (Å²) in [6.45, 7) is 7.40. The van der Waals surface area contributed by atoms with Gasteiger partial charge in [0.05, 0.1) is 0 Å². The van der Waals surface area contributed by atoms with E-state index in [9.17, 15) is 0 Å². The largest absolute Gasteiger partial charge is 0.460 e. The van der Waals surface area contributed by atoms with E-state index in [0.29, 0.717) is 6.01 Å². The molecule has 19 heavy (non-hydrogen) atoms. The molecule has 4 nitrogen and oxygen atoms in total. The zero-order valence-electron chi connectivity index (χ0n) is 12.4. The van der Waals surface area contributed by atoms with Crippen molar-refractivity contribution in [1.82, 2.24) is 15.3 Å². The lowest BCUT2D eigenvalue weighted by molar-refractivity contribution is 0.0917. The Balaban J connectivity index is 2.00. The average Bonchev–Trinajstić information content (AvgIpc) is 2.31. The summed E-state index contributed by atoms with van der Waals surface area (Å²) in [5.74, 6) is 1.47. The van der Waals surface area contributed by atoms with Gasteiger partial charge in [-0.3, -0.25) is 0 Å². The van der Waals surface area contributed by atoms with Crippen LogP contribution < -0.4 is 10.1 Å². The van der Waals surface area contributed by atoms with E-state index in [-0.39, 0.29) is 6.10 Å². The van der Waals surface area contributed by atoms with Gasteiger partial charge in [0, 0.05) is 24.0 Å². The first kappa shape index (κ1) is 14.3. The Morgan fingerprint density at radius 3 is 2.53 bits per heavy atom. The molecule has 0 spiro atoms. The first-order valence-electron chi connectivity index (χ1n) is 7.22.